The average Bonchev–Trinajstić information content (AvgIpc) is 3.08. The molecule has 7 heteroatoms. The Bertz CT molecular complexity index is 566. The summed E-state index contributed by atoms with van der Waals surface area (Å²) in [6.45, 7) is 0. The fourth-order valence-electron chi connectivity index (χ4n) is 1.67. The SMILES string of the molecule is Nc1cc(Cl)ccc1CSc1nnnn1C1CC1. The van der Waals surface area contributed by atoms with Crippen LogP contribution in [0.1, 0.15) is 24.4 Å². The Morgan fingerprint density at radius 1 is 1.44 bits per heavy atom. The number of hydrogen-bond acceptors (Lipinski definition) is 5. The van der Waals surface area contributed by atoms with Crippen molar-refractivity contribution < 1.29 is 0 Å². The lowest BCUT2D eigenvalue weighted by molar-refractivity contribution is 0.565. The van der Waals surface area contributed by atoms with Crippen LogP contribution in [0.4, 0.5) is 5.69 Å². The van der Waals surface area contributed by atoms with E-state index in [4.69, 9.17) is 17.3 Å². The monoisotopic (exact) mass is 281 g/mol. The van der Waals surface area contributed by atoms with Crippen LogP contribution in [0.15, 0.2) is 23.4 Å². The number of nitrogens with zero attached hydrogens (tertiary/aromatic N) is 4. The molecule has 0 amide bonds. The Morgan fingerprint density at radius 3 is 3.00 bits per heavy atom. The number of aromatic nitrogens is 4. The Labute approximate surface area is 114 Å². The van der Waals surface area contributed by atoms with E-state index in [1.165, 1.54) is 12.8 Å². The quantitative estimate of drug-likeness (QED) is 0.689. The van der Waals surface area contributed by atoms with Crippen molar-refractivity contribution in [1.82, 2.24) is 20.2 Å². The highest BCUT2D eigenvalue weighted by Crippen LogP contribution is 2.37. The average molecular weight is 282 g/mol. The third kappa shape index (κ3) is 2.44. The van der Waals surface area contributed by atoms with Gasteiger partial charge >= 0.3 is 0 Å². The molecular formula is C11H12ClN5S. The van der Waals surface area contributed by atoms with Crippen LogP contribution < -0.4 is 5.73 Å². The summed E-state index contributed by atoms with van der Waals surface area (Å²) < 4.78 is 1.90. The predicted molar refractivity (Wildman–Crippen MR) is 71.5 cm³/mol. The van der Waals surface area contributed by atoms with Crippen molar-refractivity contribution in [3.8, 4) is 0 Å². The van der Waals surface area contributed by atoms with E-state index in [9.17, 15) is 0 Å². The summed E-state index contributed by atoms with van der Waals surface area (Å²) >= 11 is 7.47. The number of thioether (sulfide) groups is 1. The molecule has 3 rings (SSSR count). The van der Waals surface area contributed by atoms with Gasteiger partial charge in [-0.05, 0) is 41.0 Å². The predicted octanol–water partition coefficient (Wildman–Crippen LogP) is 2.54. The molecule has 2 N–H and O–H groups in total. The molecule has 2 aromatic rings. The van der Waals surface area contributed by atoms with Crippen LogP contribution in [-0.2, 0) is 5.75 Å². The van der Waals surface area contributed by atoms with Crippen LogP contribution in [0.3, 0.4) is 0 Å². The summed E-state index contributed by atoms with van der Waals surface area (Å²) in [4.78, 5) is 0. The molecule has 1 aromatic heterocycles. The van der Waals surface area contributed by atoms with Gasteiger partial charge in [-0.2, -0.15) is 0 Å². The number of benzene rings is 1. The van der Waals surface area contributed by atoms with Crippen molar-refractivity contribution in [2.75, 3.05) is 5.73 Å². The zero-order chi connectivity index (χ0) is 12.5. The molecule has 1 heterocycles. The largest absolute Gasteiger partial charge is 0.398 e. The lowest BCUT2D eigenvalue weighted by Crippen LogP contribution is -1.99. The summed E-state index contributed by atoms with van der Waals surface area (Å²) in [6.07, 6.45) is 2.34. The molecule has 0 saturated heterocycles. The summed E-state index contributed by atoms with van der Waals surface area (Å²) in [5, 5.41) is 13.3. The van der Waals surface area contributed by atoms with Crippen LogP contribution in [0.5, 0.6) is 0 Å². The van der Waals surface area contributed by atoms with Crippen molar-refractivity contribution in [3.05, 3.63) is 28.8 Å². The molecule has 1 aliphatic carbocycles. The van der Waals surface area contributed by atoms with E-state index < -0.39 is 0 Å². The lowest BCUT2D eigenvalue weighted by atomic mass is 10.2. The van der Waals surface area contributed by atoms with Crippen molar-refractivity contribution in [2.24, 2.45) is 0 Å². The van der Waals surface area contributed by atoms with Crippen LogP contribution in [-0.4, -0.2) is 20.2 Å². The Balaban J connectivity index is 1.71. The van der Waals surface area contributed by atoms with E-state index in [0.717, 1.165) is 16.5 Å². The van der Waals surface area contributed by atoms with Crippen molar-refractivity contribution >= 4 is 29.1 Å². The highest BCUT2D eigenvalue weighted by atomic mass is 35.5. The second kappa shape index (κ2) is 4.78. The van der Waals surface area contributed by atoms with Gasteiger partial charge in [0.15, 0.2) is 0 Å². The van der Waals surface area contributed by atoms with Gasteiger partial charge in [-0.3, -0.25) is 0 Å². The first kappa shape index (κ1) is 11.8. The van der Waals surface area contributed by atoms with Gasteiger partial charge in [0.2, 0.25) is 5.16 Å². The normalized spacial score (nSPS) is 14.9. The molecule has 1 aromatic carbocycles. The lowest BCUT2D eigenvalue weighted by Gasteiger charge is -2.05. The third-order valence-corrected chi connectivity index (χ3v) is 4.04. The number of halogens is 1. The fraction of sp³-hybridized carbons (Fsp3) is 0.364. The molecule has 0 bridgehead atoms. The Kier molecular flexibility index (Phi) is 3.13. The number of anilines is 1. The van der Waals surface area contributed by atoms with Crippen molar-refractivity contribution in [1.29, 1.82) is 0 Å². The first-order valence-corrected chi connectivity index (χ1v) is 7.05. The Hall–Kier alpha value is -1.27. The fourth-order valence-corrected chi connectivity index (χ4v) is 2.81. The number of nitrogen functional groups attached to an aromatic ring is 1. The van der Waals surface area contributed by atoms with Crippen molar-refractivity contribution in [2.45, 2.75) is 29.8 Å². The first-order chi connectivity index (χ1) is 8.74. The van der Waals surface area contributed by atoms with E-state index in [2.05, 4.69) is 15.5 Å². The topological polar surface area (TPSA) is 69.6 Å². The van der Waals surface area contributed by atoms with Crippen LogP contribution >= 0.6 is 23.4 Å². The van der Waals surface area contributed by atoms with Gasteiger partial charge in [-0.1, -0.05) is 29.4 Å². The maximum absolute atomic E-state index is 5.91. The summed E-state index contributed by atoms with van der Waals surface area (Å²) in [7, 11) is 0. The molecule has 0 spiro atoms. The van der Waals surface area contributed by atoms with Crippen LogP contribution in [0, 0.1) is 0 Å². The van der Waals surface area contributed by atoms with Gasteiger partial charge in [0.1, 0.15) is 0 Å². The third-order valence-electron chi connectivity index (χ3n) is 2.82. The molecule has 1 aliphatic rings. The van der Waals surface area contributed by atoms with Gasteiger partial charge in [0.05, 0.1) is 6.04 Å². The summed E-state index contributed by atoms with van der Waals surface area (Å²) in [6, 6.07) is 6.04. The molecule has 5 nitrogen and oxygen atoms in total. The van der Waals surface area contributed by atoms with Gasteiger partial charge in [-0.15, -0.1) is 5.10 Å². The smallest absolute Gasteiger partial charge is 0.209 e. The highest BCUT2D eigenvalue weighted by molar-refractivity contribution is 7.98. The zero-order valence-electron chi connectivity index (χ0n) is 9.58. The maximum Gasteiger partial charge on any atom is 0.209 e. The zero-order valence-corrected chi connectivity index (χ0v) is 11.2. The first-order valence-electron chi connectivity index (χ1n) is 5.68. The van der Waals surface area contributed by atoms with Gasteiger partial charge in [0, 0.05) is 16.5 Å². The standard InChI is InChI=1S/C11H12ClN5S/c12-8-2-1-7(10(13)5-8)6-18-11-14-15-16-17(11)9-3-4-9/h1-2,5,9H,3-4,6,13H2. The minimum Gasteiger partial charge on any atom is -0.398 e. The molecule has 0 atom stereocenters. The van der Waals surface area contributed by atoms with E-state index >= 15 is 0 Å². The maximum atomic E-state index is 5.91. The molecule has 0 unspecified atom stereocenters. The Morgan fingerprint density at radius 2 is 2.28 bits per heavy atom. The molecule has 0 radical (unpaired) electrons. The van der Waals surface area contributed by atoms with Crippen molar-refractivity contribution in [3.63, 3.8) is 0 Å². The van der Waals surface area contributed by atoms with Gasteiger partial charge in [0.25, 0.3) is 0 Å². The number of rotatable bonds is 4. The van der Waals surface area contributed by atoms with E-state index in [0.29, 0.717) is 16.8 Å². The number of nitrogens with two attached hydrogens (primary N) is 1. The van der Waals surface area contributed by atoms with Crippen LogP contribution in [0.25, 0.3) is 0 Å². The molecular weight excluding hydrogens is 270 g/mol. The number of tetrazole rings is 1. The van der Waals surface area contributed by atoms with E-state index in [1.807, 2.05) is 16.8 Å². The molecule has 94 valence electrons. The minimum absolute atomic E-state index is 0.491. The molecule has 1 saturated carbocycles. The second-order valence-corrected chi connectivity index (χ2v) is 5.65. The molecule has 0 aliphatic heterocycles. The number of hydrogen-bond donors (Lipinski definition) is 1. The summed E-state index contributed by atoms with van der Waals surface area (Å²) in [5.74, 6) is 0.746. The second-order valence-electron chi connectivity index (χ2n) is 4.27. The van der Waals surface area contributed by atoms with E-state index in [-0.39, 0.29) is 0 Å². The molecule has 1 fully saturated rings. The summed E-state index contributed by atoms with van der Waals surface area (Å²) in [5.41, 5.74) is 7.67. The van der Waals surface area contributed by atoms with Gasteiger partial charge in [-0.25, -0.2) is 4.68 Å². The minimum atomic E-state index is 0.491. The van der Waals surface area contributed by atoms with Crippen LogP contribution in [0.2, 0.25) is 5.02 Å². The molecule has 18 heavy (non-hydrogen) atoms. The highest BCUT2D eigenvalue weighted by Gasteiger charge is 2.27. The van der Waals surface area contributed by atoms with E-state index in [1.54, 1.807) is 17.8 Å². The van der Waals surface area contributed by atoms with Gasteiger partial charge < -0.3 is 5.73 Å².